The van der Waals surface area contributed by atoms with Gasteiger partial charge in [0.15, 0.2) is 0 Å². The van der Waals surface area contributed by atoms with Gasteiger partial charge in [-0.25, -0.2) is 13.6 Å². The zero-order valence-corrected chi connectivity index (χ0v) is 12.3. The Kier molecular flexibility index (Phi) is 3.95. The first kappa shape index (κ1) is 14.4. The molecule has 6 nitrogen and oxygen atoms in total. The van der Waals surface area contributed by atoms with Gasteiger partial charge in [0.2, 0.25) is 10.0 Å². The van der Waals surface area contributed by atoms with Gasteiger partial charge in [0.05, 0.1) is 9.77 Å². The Labute approximate surface area is 116 Å². The molecule has 1 aliphatic rings. The number of carbonyl (C=O) groups excluding carboxylic acids is 1. The number of hydrogen-bond acceptors (Lipinski definition) is 5. The zero-order chi connectivity index (χ0) is 14.2. The molecule has 4 N–H and O–H groups in total. The van der Waals surface area contributed by atoms with Crippen molar-refractivity contribution in [3.8, 4) is 0 Å². The van der Waals surface area contributed by atoms with Gasteiger partial charge in [0, 0.05) is 24.0 Å². The number of nitrogens with zero attached hydrogens (tertiary/aromatic N) is 1. The standard InChI is InChI=1S/C11H17N3O3S2/c1-7-10(19(13,16)17)5-9(18-7)11(15)14-4-2-3-8(14)6-12/h5,8H,2-4,6,12H2,1H3,(H2,13,16,17). The van der Waals surface area contributed by atoms with Crippen molar-refractivity contribution >= 4 is 27.3 Å². The van der Waals surface area contributed by atoms with E-state index in [1.165, 1.54) is 6.07 Å². The number of primary sulfonamides is 1. The van der Waals surface area contributed by atoms with E-state index in [-0.39, 0.29) is 16.8 Å². The molecule has 1 atom stereocenters. The van der Waals surface area contributed by atoms with Crippen molar-refractivity contribution in [3.05, 3.63) is 15.8 Å². The molecule has 1 saturated heterocycles. The van der Waals surface area contributed by atoms with Crippen LogP contribution in [0.5, 0.6) is 0 Å². The summed E-state index contributed by atoms with van der Waals surface area (Å²) in [5, 5.41) is 5.11. The van der Waals surface area contributed by atoms with E-state index >= 15 is 0 Å². The van der Waals surface area contributed by atoms with Gasteiger partial charge in [0.25, 0.3) is 5.91 Å². The molecule has 0 radical (unpaired) electrons. The highest BCUT2D eigenvalue weighted by molar-refractivity contribution is 7.89. The molecule has 106 valence electrons. The first-order valence-electron chi connectivity index (χ1n) is 5.99. The summed E-state index contributed by atoms with van der Waals surface area (Å²) in [6.07, 6.45) is 1.83. The second kappa shape index (κ2) is 5.20. The molecule has 2 heterocycles. The SMILES string of the molecule is Cc1sc(C(=O)N2CCCC2CN)cc1S(N)(=O)=O. The maximum absolute atomic E-state index is 12.4. The van der Waals surface area contributed by atoms with Crippen molar-refractivity contribution in [2.24, 2.45) is 10.9 Å². The third-order valence-corrected chi connectivity index (χ3v) is 5.50. The lowest BCUT2D eigenvalue weighted by Gasteiger charge is -2.22. The van der Waals surface area contributed by atoms with Gasteiger partial charge in [-0.1, -0.05) is 0 Å². The van der Waals surface area contributed by atoms with E-state index < -0.39 is 10.0 Å². The van der Waals surface area contributed by atoms with Gasteiger partial charge in [-0.3, -0.25) is 4.79 Å². The summed E-state index contributed by atoms with van der Waals surface area (Å²) in [7, 11) is -3.77. The summed E-state index contributed by atoms with van der Waals surface area (Å²) in [5.74, 6) is -0.157. The minimum Gasteiger partial charge on any atom is -0.334 e. The van der Waals surface area contributed by atoms with Crippen molar-refractivity contribution in [2.45, 2.75) is 30.7 Å². The average molecular weight is 303 g/mol. The molecule has 0 aliphatic carbocycles. The van der Waals surface area contributed by atoms with Gasteiger partial charge < -0.3 is 10.6 Å². The third kappa shape index (κ3) is 2.81. The van der Waals surface area contributed by atoms with Crippen LogP contribution in [0.3, 0.4) is 0 Å². The largest absolute Gasteiger partial charge is 0.334 e. The fraction of sp³-hybridized carbons (Fsp3) is 0.545. The van der Waals surface area contributed by atoms with Crippen molar-refractivity contribution in [1.29, 1.82) is 0 Å². The van der Waals surface area contributed by atoms with Crippen LogP contribution in [0.4, 0.5) is 0 Å². The maximum Gasteiger partial charge on any atom is 0.264 e. The molecule has 1 fully saturated rings. The van der Waals surface area contributed by atoms with Crippen molar-refractivity contribution in [3.63, 3.8) is 0 Å². The van der Waals surface area contributed by atoms with Crippen molar-refractivity contribution < 1.29 is 13.2 Å². The molecule has 2 rings (SSSR count). The van der Waals surface area contributed by atoms with E-state index in [1.807, 2.05) is 0 Å². The van der Waals surface area contributed by atoms with Gasteiger partial charge in [-0.05, 0) is 25.8 Å². The minimum absolute atomic E-state index is 0.0318. The van der Waals surface area contributed by atoms with E-state index in [9.17, 15) is 13.2 Å². The second-order valence-corrected chi connectivity index (χ2v) is 7.39. The van der Waals surface area contributed by atoms with E-state index in [2.05, 4.69) is 0 Å². The number of sulfonamides is 1. The highest BCUT2D eigenvalue weighted by Crippen LogP contribution is 2.28. The Hall–Kier alpha value is -0.960. The van der Waals surface area contributed by atoms with Crippen LogP contribution in [-0.2, 0) is 10.0 Å². The van der Waals surface area contributed by atoms with Crippen LogP contribution in [0.25, 0.3) is 0 Å². The molecular weight excluding hydrogens is 286 g/mol. The highest BCUT2D eigenvalue weighted by atomic mass is 32.2. The number of rotatable bonds is 3. The van der Waals surface area contributed by atoms with Crippen LogP contribution < -0.4 is 10.9 Å². The smallest absolute Gasteiger partial charge is 0.264 e. The molecular formula is C11H17N3O3S2. The lowest BCUT2D eigenvalue weighted by atomic mass is 10.2. The predicted octanol–water partition coefficient (Wildman–Crippen LogP) is 0.267. The summed E-state index contributed by atoms with van der Waals surface area (Å²) >= 11 is 1.16. The van der Waals surface area contributed by atoms with Crippen LogP contribution in [0.15, 0.2) is 11.0 Å². The Balaban J connectivity index is 2.30. The summed E-state index contributed by atoms with van der Waals surface area (Å²) in [5.41, 5.74) is 5.64. The molecule has 8 heteroatoms. The molecule has 1 amide bonds. The van der Waals surface area contributed by atoms with Crippen LogP contribution in [-0.4, -0.2) is 38.4 Å². The van der Waals surface area contributed by atoms with E-state index in [0.29, 0.717) is 22.8 Å². The Morgan fingerprint density at radius 1 is 1.58 bits per heavy atom. The van der Waals surface area contributed by atoms with Crippen LogP contribution in [0.1, 0.15) is 27.4 Å². The van der Waals surface area contributed by atoms with Crippen LogP contribution in [0.2, 0.25) is 0 Å². The molecule has 1 aliphatic heterocycles. The normalized spacial score (nSPS) is 19.9. The third-order valence-electron chi connectivity index (χ3n) is 3.30. The summed E-state index contributed by atoms with van der Waals surface area (Å²) < 4.78 is 22.7. The van der Waals surface area contributed by atoms with Gasteiger partial charge in [0.1, 0.15) is 0 Å². The van der Waals surface area contributed by atoms with Crippen LogP contribution >= 0.6 is 11.3 Å². The Morgan fingerprint density at radius 3 is 2.79 bits per heavy atom. The fourth-order valence-electron chi connectivity index (χ4n) is 2.34. The lowest BCUT2D eigenvalue weighted by Crippen LogP contribution is -2.39. The first-order valence-corrected chi connectivity index (χ1v) is 8.35. The molecule has 0 aromatic carbocycles. The fourth-order valence-corrected chi connectivity index (χ4v) is 4.44. The molecule has 1 unspecified atom stereocenters. The molecule has 19 heavy (non-hydrogen) atoms. The van der Waals surface area contributed by atoms with Gasteiger partial charge >= 0.3 is 0 Å². The highest BCUT2D eigenvalue weighted by Gasteiger charge is 2.30. The maximum atomic E-state index is 12.4. The Morgan fingerprint density at radius 2 is 2.26 bits per heavy atom. The number of likely N-dealkylation sites (tertiary alicyclic amines) is 1. The van der Waals surface area contributed by atoms with Crippen LogP contribution in [0, 0.1) is 6.92 Å². The molecule has 1 aromatic rings. The van der Waals surface area contributed by atoms with E-state index in [0.717, 1.165) is 24.2 Å². The number of aryl methyl sites for hydroxylation is 1. The second-order valence-electron chi connectivity index (χ2n) is 4.61. The van der Waals surface area contributed by atoms with E-state index in [4.69, 9.17) is 10.9 Å². The first-order chi connectivity index (χ1) is 8.84. The Bertz CT molecular complexity index is 594. The minimum atomic E-state index is -3.77. The zero-order valence-electron chi connectivity index (χ0n) is 10.6. The summed E-state index contributed by atoms with van der Waals surface area (Å²) in [4.78, 5) is 15.0. The van der Waals surface area contributed by atoms with Crippen molar-refractivity contribution in [1.82, 2.24) is 4.90 Å². The number of hydrogen-bond donors (Lipinski definition) is 2. The topological polar surface area (TPSA) is 106 Å². The molecule has 0 saturated carbocycles. The molecule has 0 bridgehead atoms. The number of nitrogens with two attached hydrogens (primary N) is 2. The lowest BCUT2D eigenvalue weighted by molar-refractivity contribution is 0.0746. The van der Waals surface area contributed by atoms with Gasteiger partial charge in [-0.2, -0.15) is 0 Å². The van der Waals surface area contributed by atoms with E-state index in [1.54, 1.807) is 11.8 Å². The number of thiophene rings is 1. The predicted molar refractivity (Wildman–Crippen MR) is 73.5 cm³/mol. The van der Waals surface area contributed by atoms with Crippen molar-refractivity contribution in [2.75, 3.05) is 13.1 Å². The average Bonchev–Trinajstić information content (AvgIpc) is 2.92. The summed E-state index contributed by atoms with van der Waals surface area (Å²) in [6, 6.07) is 1.41. The van der Waals surface area contributed by atoms with Gasteiger partial charge in [-0.15, -0.1) is 11.3 Å². The molecule has 0 spiro atoms. The molecule has 1 aromatic heterocycles. The number of carbonyl (C=O) groups is 1. The summed E-state index contributed by atoms with van der Waals surface area (Å²) in [6.45, 7) is 2.74. The number of amides is 1. The quantitative estimate of drug-likeness (QED) is 0.835. The monoisotopic (exact) mass is 303 g/mol.